The second-order valence-electron chi connectivity index (χ2n) is 10.2. The minimum absolute atomic E-state index is 0.0289. The Hall–Kier alpha value is -2.25. The number of hydrogen-bond acceptors (Lipinski definition) is 4. The van der Waals surface area contributed by atoms with Gasteiger partial charge in [-0.2, -0.15) is 0 Å². The second kappa shape index (κ2) is 9.94. The summed E-state index contributed by atoms with van der Waals surface area (Å²) < 4.78 is 14.1. The van der Waals surface area contributed by atoms with E-state index >= 15 is 0 Å². The topological polar surface area (TPSA) is 43.9 Å². The third-order valence-corrected chi connectivity index (χ3v) is 7.74. The molecule has 2 fully saturated rings. The molecule has 0 radical (unpaired) electrons. The van der Waals surface area contributed by atoms with E-state index in [2.05, 4.69) is 11.0 Å². The number of piperazine rings is 1. The molecule has 178 valence electrons. The van der Waals surface area contributed by atoms with E-state index in [4.69, 9.17) is 0 Å². The van der Waals surface area contributed by atoms with Crippen LogP contribution in [0, 0.1) is 17.2 Å². The lowest BCUT2D eigenvalue weighted by molar-refractivity contribution is -0.145. The summed E-state index contributed by atoms with van der Waals surface area (Å²) in [6.45, 7) is 11.2. The first-order chi connectivity index (χ1) is 15.7. The van der Waals surface area contributed by atoms with Crippen molar-refractivity contribution in [1.29, 1.82) is 0 Å². The van der Waals surface area contributed by atoms with Crippen LogP contribution in [-0.4, -0.2) is 65.8 Å². The molecule has 1 aromatic heterocycles. The van der Waals surface area contributed by atoms with Crippen LogP contribution in [0.15, 0.2) is 36.4 Å². The molecular weight excluding hydrogens is 437 g/mol. The highest BCUT2D eigenvalue weighted by molar-refractivity contribution is 7.15. The Labute approximate surface area is 200 Å². The highest BCUT2D eigenvalue weighted by Gasteiger charge is 2.34. The van der Waals surface area contributed by atoms with Crippen molar-refractivity contribution in [1.82, 2.24) is 14.7 Å². The summed E-state index contributed by atoms with van der Waals surface area (Å²) in [5.41, 5.74) is 0.283. The first-order valence-corrected chi connectivity index (χ1v) is 12.7. The molecule has 2 saturated heterocycles. The minimum Gasteiger partial charge on any atom is -0.342 e. The maximum atomic E-state index is 14.1. The van der Waals surface area contributed by atoms with Gasteiger partial charge in [0, 0.05) is 72.5 Å². The molecule has 2 aliphatic heterocycles. The number of amides is 2. The van der Waals surface area contributed by atoms with Crippen molar-refractivity contribution < 1.29 is 14.0 Å². The van der Waals surface area contributed by atoms with Gasteiger partial charge in [-0.05, 0) is 31.0 Å². The van der Waals surface area contributed by atoms with E-state index < -0.39 is 0 Å². The van der Waals surface area contributed by atoms with Crippen LogP contribution >= 0.6 is 11.3 Å². The lowest BCUT2D eigenvalue weighted by atomic mass is 9.90. The van der Waals surface area contributed by atoms with Crippen molar-refractivity contribution in [2.24, 2.45) is 11.3 Å². The monoisotopic (exact) mass is 471 g/mol. The highest BCUT2D eigenvalue weighted by atomic mass is 32.1. The Morgan fingerprint density at radius 2 is 1.61 bits per heavy atom. The van der Waals surface area contributed by atoms with E-state index in [1.165, 1.54) is 10.9 Å². The zero-order valence-corrected chi connectivity index (χ0v) is 20.7. The van der Waals surface area contributed by atoms with Gasteiger partial charge in [0.2, 0.25) is 11.8 Å². The van der Waals surface area contributed by atoms with Crippen LogP contribution in [0.4, 0.5) is 4.39 Å². The van der Waals surface area contributed by atoms with E-state index in [0.717, 1.165) is 50.4 Å². The molecule has 2 aliphatic rings. The number of halogens is 1. The molecule has 5 nitrogen and oxygen atoms in total. The number of carbonyl (C=O) groups is 2. The molecule has 0 saturated carbocycles. The Morgan fingerprint density at radius 1 is 0.939 bits per heavy atom. The normalized spacial score (nSPS) is 18.5. The number of piperidine rings is 1. The number of carbonyl (C=O) groups excluding carboxylic acids is 2. The molecule has 33 heavy (non-hydrogen) atoms. The summed E-state index contributed by atoms with van der Waals surface area (Å²) in [7, 11) is 0. The molecule has 1 aromatic carbocycles. The largest absolute Gasteiger partial charge is 0.342 e. The van der Waals surface area contributed by atoms with Crippen LogP contribution in [-0.2, 0) is 16.1 Å². The van der Waals surface area contributed by atoms with E-state index in [-0.39, 0.29) is 29.0 Å². The first-order valence-electron chi connectivity index (χ1n) is 11.9. The minimum atomic E-state index is -0.369. The number of thiophene rings is 1. The second-order valence-corrected chi connectivity index (χ2v) is 11.3. The summed E-state index contributed by atoms with van der Waals surface area (Å²) in [6.07, 6.45) is 1.52. The summed E-state index contributed by atoms with van der Waals surface area (Å²) in [4.78, 5) is 34.0. The Balaban J connectivity index is 1.25. The predicted octanol–water partition coefficient (Wildman–Crippen LogP) is 4.48. The van der Waals surface area contributed by atoms with Gasteiger partial charge in [0.15, 0.2) is 0 Å². The van der Waals surface area contributed by atoms with E-state index in [1.54, 1.807) is 17.4 Å². The maximum absolute atomic E-state index is 14.1. The van der Waals surface area contributed by atoms with Gasteiger partial charge < -0.3 is 9.80 Å². The van der Waals surface area contributed by atoms with Crippen LogP contribution in [0.5, 0.6) is 0 Å². The van der Waals surface area contributed by atoms with Gasteiger partial charge in [0.1, 0.15) is 5.82 Å². The number of hydrogen-bond donors (Lipinski definition) is 0. The van der Waals surface area contributed by atoms with Crippen molar-refractivity contribution in [2.75, 3.05) is 39.3 Å². The zero-order chi connectivity index (χ0) is 23.6. The molecule has 0 aliphatic carbocycles. The van der Waals surface area contributed by atoms with E-state index in [9.17, 15) is 14.0 Å². The zero-order valence-electron chi connectivity index (χ0n) is 19.8. The Bertz CT molecular complexity index is 983. The van der Waals surface area contributed by atoms with Gasteiger partial charge in [0.05, 0.1) is 0 Å². The van der Waals surface area contributed by atoms with Crippen LogP contribution in [0.1, 0.15) is 38.5 Å². The average molecular weight is 472 g/mol. The number of likely N-dealkylation sites (tertiary alicyclic amines) is 1. The molecule has 2 amide bonds. The summed E-state index contributed by atoms with van der Waals surface area (Å²) in [5, 5.41) is 0. The van der Waals surface area contributed by atoms with Gasteiger partial charge >= 0.3 is 0 Å². The third-order valence-electron chi connectivity index (χ3n) is 6.64. The van der Waals surface area contributed by atoms with Crippen molar-refractivity contribution in [3.8, 4) is 10.4 Å². The van der Waals surface area contributed by atoms with Crippen molar-refractivity contribution in [2.45, 2.75) is 40.2 Å². The number of rotatable bonds is 4. The summed E-state index contributed by atoms with van der Waals surface area (Å²) in [5.74, 6) is 0.261. The molecule has 0 atom stereocenters. The fraction of sp³-hybridized carbons (Fsp3) is 0.538. The standard InChI is InChI=1S/C26H34FN3O2S/c1-26(2,3)25(32)30-12-10-19(11-13-30)24(31)29-16-14-28(15-17-29)18-20-8-9-23(33-20)21-6-4-5-7-22(21)27/h4-9,19H,10-18H2,1-3H3. The van der Waals surface area contributed by atoms with Gasteiger partial charge in [0.25, 0.3) is 0 Å². The fourth-order valence-corrected chi connectivity index (χ4v) is 5.75. The summed E-state index contributed by atoms with van der Waals surface area (Å²) in [6, 6.07) is 11.0. The van der Waals surface area contributed by atoms with Crippen molar-refractivity contribution in [3.63, 3.8) is 0 Å². The molecule has 0 unspecified atom stereocenters. The molecule has 7 heteroatoms. The number of benzene rings is 1. The van der Waals surface area contributed by atoms with Crippen LogP contribution in [0.25, 0.3) is 10.4 Å². The van der Waals surface area contributed by atoms with Gasteiger partial charge in [-0.1, -0.05) is 39.0 Å². The summed E-state index contributed by atoms with van der Waals surface area (Å²) >= 11 is 1.63. The SMILES string of the molecule is CC(C)(C)C(=O)N1CCC(C(=O)N2CCN(Cc3ccc(-c4ccccc4F)s3)CC2)CC1. The van der Waals surface area contributed by atoms with Crippen molar-refractivity contribution >= 4 is 23.2 Å². The van der Waals surface area contributed by atoms with Gasteiger partial charge in [-0.15, -0.1) is 11.3 Å². The smallest absolute Gasteiger partial charge is 0.227 e. The molecular formula is C26H34FN3O2S. The van der Waals surface area contributed by atoms with E-state index in [0.29, 0.717) is 18.7 Å². The molecule has 2 aromatic rings. The fourth-order valence-electron chi connectivity index (χ4n) is 4.68. The molecule has 0 N–H and O–H groups in total. The van der Waals surface area contributed by atoms with Gasteiger partial charge in [-0.25, -0.2) is 4.39 Å². The maximum Gasteiger partial charge on any atom is 0.227 e. The lowest BCUT2D eigenvalue weighted by Crippen LogP contribution is -2.52. The Kier molecular flexibility index (Phi) is 7.19. The van der Waals surface area contributed by atoms with Crippen LogP contribution in [0.2, 0.25) is 0 Å². The lowest BCUT2D eigenvalue weighted by Gasteiger charge is -2.39. The average Bonchev–Trinajstić information content (AvgIpc) is 3.26. The quantitative estimate of drug-likeness (QED) is 0.660. The van der Waals surface area contributed by atoms with Crippen molar-refractivity contribution in [3.05, 3.63) is 47.1 Å². The predicted molar refractivity (Wildman–Crippen MR) is 130 cm³/mol. The first kappa shape index (κ1) is 23.9. The molecule has 4 rings (SSSR count). The van der Waals surface area contributed by atoms with Crippen LogP contribution in [0.3, 0.4) is 0 Å². The van der Waals surface area contributed by atoms with Crippen LogP contribution < -0.4 is 0 Å². The Morgan fingerprint density at radius 3 is 2.24 bits per heavy atom. The van der Waals surface area contributed by atoms with Gasteiger partial charge in [-0.3, -0.25) is 14.5 Å². The van der Waals surface area contributed by atoms with E-state index in [1.807, 2.05) is 48.8 Å². The molecule has 3 heterocycles. The number of nitrogens with zero attached hydrogens (tertiary/aromatic N) is 3. The molecule has 0 bridgehead atoms. The molecule has 0 spiro atoms. The third kappa shape index (κ3) is 5.64. The highest BCUT2D eigenvalue weighted by Crippen LogP contribution is 2.31.